The average molecular weight is 398 g/mol. The molecule has 2 amide bonds. The normalized spacial score (nSPS) is 19.4. The van der Waals surface area contributed by atoms with E-state index in [9.17, 15) is 9.59 Å². The van der Waals surface area contributed by atoms with Crippen LogP contribution in [-0.4, -0.2) is 43.7 Å². The Morgan fingerprint density at radius 2 is 2.07 bits per heavy atom. The summed E-state index contributed by atoms with van der Waals surface area (Å²) < 4.78 is 8.66. The van der Waals surface area contributed by atoms with Crippen LogP contribution in [0.15, 0.2) is 23.1 Å². The number of aryl methyl sites for hydroxylation is 3. The zero-order valence-corrected chi connectivity index (χ0v) is 16.9. The Labute approximate surface area is 168 Å². The monoisotopic (exact) mass is 398 g/mol. The largest absolute Gasteiger partial charge is 0.361 e. The predicted molar refractivity (Wildman–Crippen MR) is 106 cm³/mol. The summed E-state index contributed by atoms with van der Waals surface area (Å²) in [5.74, 6) is 0.598. The first-order valence-electron chi connectivity index (χ1n) is 9.94. The molecule has 0 unspecified atom stereocenters. The maximum atomic E-state index is 12.6. The highest BCUT2D eigenvalue weighted by molar-refractivity contribution is 5.99. The van der Waals surface area contributed by atoms with E-state index in [2.05, 4.69) is 20.9 Å². The fourth-order valence-electron chi connectivity index (χ4n) is 4.21. The quantitative estimate of drug-likeness (QED) is 0.684. The van der Waals surface area contributed by atoms with Crippen molar-refractivity contribution in [2.24, 2.45) is 13.0 Å². The third kappa shape index (κ3) is 3.76. The van der Waals surface area contributed by atoms with Crippen LogP contribution in [0, 0.1) is 19.8 Å². The van der Waals surface area contributed by atoms with Gasteiger partial charge in [0.15, 0.2) is 0 Å². The van der Waals surface area contributed by atoms with Crippen molar-refractivity contribution in [2.45, 2.75) is 45.6 Å². The van der Waals surface area contributed by atoms with Crippen molar-refractivity contribution >= 4 is 17.5 Å². The van der Waals surface area contributed by atoms with E-state index in [1.165, 1.54) is 0 Å². The molecule has 0 radical (unpaired) electrons. The van der Waals surface area contributed by atoms with Gasteiger partial charge in [0.2, 0.25) is 0 Å². The van der Waals surface area contributed by atoms with Gasteiger partial charge in [-0.2, -0.15) is 5.10 Å². The molecular weight excluding hydrogens is 372 g/mol. The molecule has 3 aromatic rings. The van der Waals surface area contributed by atoms with Crippen LogP contribution in [0.4, 0.5) is 0 Å². The Hall–Kier alpha value is -3.10. The van der Waals surface area contributed by atoms with Crippen molar-refractivity contribution in [3.63, 3.8) is 0 Å². The van der Waals surface area contributed by atoms with Crippen LogP contribution < -0.4 is 10.6 Å². The van der Waals surface area contributed by atoms with E-state index < -0.39 is 0 Å². The molecule has 9 heteroatoms. The Morgan fingerprint density at radius 1 is 1.24 bits per heavy atom. The third-order valence-corrected chi connectivity index (χ3v) is 5.71. The molecule has 2 atom stereocenters. The third-order valence-electron chi connectivity index (χ3n) is 5.71. The van der Waals surface area contributed by atoms with E-state index in [0.717, 1.165) is 31.3 Å². The summed E-state index contributed by atoms with van der Waals surface area (Å²) in [5.41, 5.74) is 2.47. The molecule has 0 saturated heterocycles. The maximum Gasteiger partial charge on any atom is 0.257 e. The smallest absolute Gasteiger partial charge is 0.257 e. The number of carbonyl (C=O) groups is 2. The standard InChI is InChI=1S/C20H26N6O3/c1-12-17(13(2)29-24-12)19(28)23-15-6-4-5-14(9-15)10-21-18(27)16-11-22-26-8-7-25(3)20(16)26/h7-8,11,14-15H,4-6,9-10H2,1-3H3,(H,21,27)(H,23,28)/t14-,15+/m1/s1. The number of nitrogens with zero attached hydrogens (tertiary/aromatic N) is 4. The van der Waals surface area contributed by atoms with E-state index >= 15 is 0 Å². The summed E-state index contributed by atoms with van der Waals surface area (Å²) >= 11 is 0. The molecule has 0 spiro atoms. The van der Waals surface area contributed by atoms with Gasteiger partial charge in [0, 0.05) is 32.0 Å². The number of aromatic nitrogens is 4. The molecule has 0 aromatic carbocycles. The van der Waals surface area contributed by atoms with E-state index in [0.29, 0.717) is 35.0 Å². The fourth-order valence-corrected chi connectivity index (χ4v) is 4.21. The number of fused-ring (bicyclic) bond motifs is 1. The summed E-state index contributed by atoms with van der Waals surface area (Å²) in [6, 6.07) is 0.0857. The summed E-state index contributed by atoms with van der Waals surface area (Å²) in [6.07, 6.45) is 9.11. The molecule has 1 fully saturated rings. The highest BCUT2D eigenvalue weighted by atomic mass is 16.5. The van der Waals surface area contributed by atoms with Gasteiger partial charge in [0.05, 0.1) is 11.9 Å². The minimum absolute atomic E-state index is 0.0857. The highest BCUT2D eigenvalue weighted by Crippen LogP contribution is 2.25. The van der Waals surface area contributed by atoms with Gasteiger partial charge in [-0.15, -0.1) is 0 Å². The van der Waals surface area contributed by atoms with Crippen molar-refractivity contribution in [1.29, 1.82) is 0 Å². The SMILES string of the molecule is Cc1noc(C)c1C(=O)N[C@H]1CCC[C@@H](CNC(=O)c2cnn3ccn(C)c23)C1. The summed E-state index contributed by atoms with van der Waals surface area (Å²) in [7, 11) is 1.89. The lowest BCUT2D eigenvalue weighted by molar-refractivity contribution is 0.0900. The van der Waals surface area contributed by atoms with Crippen molar-refractivity contribution in [3.05, 3.63) is 41.2 Å². The second kappa shape index (κ2) is 7.73. The van der Waals surface area contributed by atoms with Crippen LogP contribution in [0.25, 0.3) is 5.65 Å². The van der Waals surface area contributed by atoms with Gasteiger partial charge in [0.1, 0.15) is 22.5 Å². The number of hydrogen-bond acceptors (Lipinski definition) is 5. The molecule has 2 N–H and O–H groups in total. The Kier molecular flexibility index (Phi) is 5.12. The van der Waals surface area contributed by atoms with E-state index in [4.69, 9.17) is 4.52 Å². The zero-order chi connectivity index (χ0) is 20.5. The fraction of sp³-hybridized carbons (Fsp3) is 0.500. The second-order valence-corrected chi connectivity index (χ2v) is 7.85. The topological polar surface area (TPSA) is 106 Å². The number of imidazole rings is 1. The summed E-state index contributed by atoms with van der Waals surface area (Å²) in [4.78, 5) is 25.2. The first-order chi connectivity index (χ1) is 13.9. The van der Waals surface area contributed by atoms with Gasteiger partial charge in [-0.3, -0.25) is 9.59 Å². The second-order valence-electron chi connectivity index (χ2n) is 7.85. The van der Waals surface area contributed by atoms with Crippen LogP contribution >= 0.6 is 0 Å². The van der Waals surface area contributed by atoms with Crippen LogP contribution in [0.3, 0.4) is 0 Å². The number of amides is 2. The van der Waals surface area contributed by atoms with Crippen molar-refractivity contribution in [1.82, 2.24) is 30.0 Å². The molecule has 3 aromatic heterocycles. The van der Waals surface area contributed by atoms with Crippen LogP contribution in [0.2, 0.25) is 0 Å². The van der Waals surface area contributed by atoms with Gasteiger partial charge in [0.25, 0.3) is 11.8 Å². The molecule has 29 heavy (non-hydrogen) atoms. The minimum atomic E-state index is -0.137. The summed E-state index contributed by atoms with van der Waals surface area (Å²) in [6.45, 7) is 4.10. The van der Waals surface area contributed by atoms with E-state index in [1.54, 1.807) is 24.6 Å². The van der Waals surface area contributed by atoms with Gasteiger partial charge in [-0.05, 0) is 39.0 Å². The molecule has 9 nitrogen and oxygen atoms in total. The first kappa shape index (κ1) is 19.2. The van der Waals surface area contributed by atoms with Crippen LogP contribution in [-0.2, 0) is 7.05 Å². The Bertz CT molecular complexity index is 1030. The molecule has 154 valence electrons. The number of rotatable bonds is 5. The van der Waals surface area contributed by atoms with E-state index in [-0.39, 0.29) is 17.9 Å². The van der Waals surface area contributed by atoms with Gasteiger partial charge in [-0.25, -0.2) is 4.52 Å². The summed E-state index contributed by atoms with van der Waals surface area (Å²) in [5, 5.41) is 14.2. The number of carbonyl (C=O) groups excluding carboxylic acids is 2. The van der Waals surface area contributed by atoms with Crippen LogP contribution in [0.5, 0.6) is 0 Å². The maximum absolute atomic E-state index is 12.6. The molecule has 3 heterocycles. The van der Waals surface area contributed by atoms with Crippen LogP contribution in [0.1, 0.15) is 57.9 Å². The molecule has 1 aliphatic rings. The minimum Gasteiger partial charge on any atom is -0.361 e. The molecular formula is C20H26N6O3. The molecule has 0 aliphatic heterocycles. The first-order valence-corrected chi connectivity index (χ1v) is 9.94. The van der Waals surface area contributed by atoms with Gasteiger partial charge in [-0.1, -0.05) is 11.6 Å². The van der Waals surface area contributed by atoms with Crippen molar-refractivity contribution in [2.75, 3.05) is 6.54 Å². The lowest BCUT2D eigenvalue weighted by Gasteiger charge is -2.29. The molecule has 1 saturated carbocycles. The van der Waals surface area contributed by atoms with Crippen molar-refractivity contribution < 1.29 is 14.1 Å². The lowest BCUT2D eigenvalue weighted by atomic mass is 9.85. The predicted octanol–water partition coefficient (Wildman–Crippen LogP) is 2.00. The molecule has 0 bridgehead atoms. The Balaban J connectivity index is 1.33. The van der Waals surface area contributed by atoms with Gasteiger partial charge >= 0.3 is 0 Å². The Morgan fingerprint density at radius 3 is 2.83 bits per heavy atom. The number of nitrogens with one attached hydrogen (secondary N) is 2. The average Bonchev–Trinajstić information content (AvgIpc) is 3.37. The molecule has 4 rings (SSSR count). The lowest BCUT2D eigenvalue weighted by Crippen LogP contribution is -2.41. The zero-order valence-electron chi connectivity index (χ0n) is 16.9. The number of hydrogen-bond donors (Lipinski definition) is 2. The van der Waals surface area contributed by atoms with E-state index in [1.807, 2.05) is 24.0 Å². The molecule has 1 aliphatic carbocycles. The van der Waals surface area contributed by atoms with Gasteiger partial charge < -0.3 is 19.7 Å². The highest BCUT2D eigenvalue weighted by Gasteiger charge is 2.26. The van der Waals surface area contributed by atoms with Crippen molar-refractivity contribution in [3.8, 4) is 0 Å².